The molecule has 0 radical (unpaired) electrons. The average molecular weight is 299 g/mol. The van der Waals surface area contributed by atoms with Crippen molar-refractivity contribution in [1.82, 2.24) is 0 Å². The van der Waals surface area contributed by atoms with Gasteiger partial charge in [-0.3, -0.25) is 4.79 Å². The lowest BCUT2D eigenvalue weighted by Crippen LogP contribution is -2.32. The van der Waals surface area contributed by atoms with E-state index in [2.05, 4.69) is 5.32 Å². The molecule has 2 rings (SSSR count). The Hall–Kier alpha value is -2.49. The summed E-state index contributed by atoms with van der Waals surface area (Å²) in [4.78, 5) is 12.3. The van der Waals surface area contributed by atoms with Crippen LogP contribution in [0.5, 0.6) is 11.5 Å². The number of ether oxygens (including phenoxy) is 2. The van der Waals surface area contributed by atoms with Crippen molar-refractivity contribution in [2.75, 3.05) is 12.4 Å². The molecule has 1 atom stereocenters. The number of hydrogen-bond donors (Lipinski definition) is 1. The van der Waals surface area contributed by atoms with Crippen molar-refractivity contribution in [3.8, 4) is 11.5 Å². The molecule has 0 aliphatic heterocycles. The molecule has 1 amide bonds. The average Bonchev–Trinajstić information content (AvgIpc) is 2.53. The van der Waals surface area contributed by atoms with Gasteiger partial charge in [-0.1, -0.05) is 19.1 Å². The third-order valence-corrected chi connectivity index (χ3v) is 3.29. The molecule has 2 aromatic carbocycles. The number of amides is 1. The van der Waals surface area contributed by atoms with Crippen LogP contribution < -0.4 is 14.8 Å². The van der Waals surface area contributed by atoms with Crippen LogP contribution in [0.3, 0.4) is 0 Å². The van der Waals surface area contributed by atoms with Crippen molar-refractivity contribution < 1.29 is 14.3 Å². The number of benzene rings is 2. The zero-order valence-electron chi connectivity index (χ0n) is 13.1. The summed E-state index contributed by atoms with van der Waals surface area (Å²) in [6, 6.07) is 14.9. The standard InChI is InChI=1S/C18H21NO3/c1-4-17(22-16-10-8-15(21-3)9-11-16)18(20)19-14-7-5-6-13(2)12-14/h5-12,17H,4H2,1-3H3,(H,19,20)/t17-/m1/s1. The Morgan fingerprint density at radius 3 is 2.41 bits per heavy atom. The fraction of sp³-hybridized carbons (Fsp3) is 0.278. The summed E-state index contributed by atoms with van der Waals surface area (Å²) < 4.78 is 10.9. The number of nitrogens with one attached hydrogen (secondary N) is 1. The topological polar surface area (TPSA) is 47.6 Å². The normalized spacial score (nSPS) is 11.6. The molecule has 0 saturated carbocycles. The van der Waals surface area contributed by atoms with Crippen LogP contribution in [0.4, 0.5) is 5.69 Å². The molecule has 0 bridgehead atoms. The Bertz CT molecular complexity index is 622. The number of carbonyl (C=O) groups excluding carboxylic acids is 1. The Kier molecular flexibility index (Phi) is 5.42. The molecule has 0 saturated heterocycles. The summed E-state index contributed by atoms with van der Waals surface area (Å²) in [5.41, 5.74) is 1.88. The van der Waals surface area contributed by atoms with Crippen LogP contribution in [0.1, 0.15) is 18.9 Å². The molecule has 2 aromatic rings. The van der Waals surface area contributed by atoms with Crippen molar-refractivity contribution in [3.05, 3.63) is 54.1 Å². The largest absolute Gasteiger partial charge is 0.497 e. The van der Waals surface area contributed by atoms with Crippen molar-refractivity contribution >= 4 is 11.6 Å². The zero-order valence-corrected chi connectivity index (χ0v) is 13.1. The first kappa shape index (κ1) is 15.9. The van der Waals surface area contributed by atoms with E-state index in [9.17, 15) is 4.79 Å². The minimum absolute atomic E-state index is 0.149. The second-order valence-corrected chi connectivity index (χ2v) is 5.05. The summed E-state index contributed by atoms with van der Waals surface area (Å²) in [5.74, 6) is 1.25. The molecular formula is C18H21NO3. The first-order chi connectivity index (χ1) is 10.6. The van der Waals surface area contributed by atoms with Gasteiger partial charge in [0, 0.05) is 5.69 Å². The van der Waals surface area contributed by atoms with Crippen LogP contribution in [-0.2, 0) is 4.79 Å². The molecule has 0 aliphatic carbocycles. The van der Waals surface area contributed by atoms with Gasteiger partial charge in [0.2, 0.25) is 0 Å². The number of anilines is 1. The molecule has 116 valence electrons. The number of rotatable bonds is 6. The monoisotopic (exact) mass is 299 g/mol. The van der Waals surface area contributed by atoms with Gasteiger partial charge >= 0.3 is 0 Å². The molecular weight excluding hydrogens is 278 g/mol. The van der Waals surface area contributed by atoms with E-state index in [-0.39, 0.29) is 5.91 Å². The highest BCUT2D eigenvalue weighted by molar-refractivity contribution is 5.94. The highest BCUT2D eigenvalue weighted by Crippen LogP contribution is 2.19. The van der Waals surface area contributed by atoms with Crippen LogP contribution in [0.25, 0.3) is 0 Å². The molecule has 0 unspecified atom stereocenters. The van der Waals surface area contributed by atoms with Gasteiger partial charge in [0.15, 0.2) is 6.10 Å². The summed E-state index contributed by atoms with van der Waals surface area (Å²) in [6.07, 6.45) is 0.0536. The smallest absolute Gasteiger partial charge is 0.265 e. The number of hydrogen-bond acceptors (Lipinski definition) is 3. The maximum absolute atomic E-state index is 12.3. The van der Waals surface area contributed by atoms with Gasteiger partial charge < -0.3 is 14.8 Å². The zero-order chi connectivity index (χ0) is 15.9. The fourth-order valence-corrected chi connectivity index (χ4v) is 2.09. The number of carbonyl (C=O) groups is 1. The van der Waals surface area contributed by atoms with Crippen molar-refractivity contribution in [1.29, 1.82) is 0 Å². The lowest BCUT2D eigenvalue weighted by Gasteiger charge is -2.17. The van der Waals surface area contributed by atoms with Crippen molar-refractivity contribution in [2.45, 2.75) is 26.4 Å². The van der Waals surface area contributed by atoms with Crippen molar-refractivity contribution in [3.63, 3.8) is 0 Å². The summed E-state index contributed by atoms with van der Waals surface area (Å²) in [7, 11) is 1.61. The molecule has 22 heavy (non-hydrogen) atoms. The van der Waals surface area contributed by atoms with E-state index in [1.165, 1.54) is 0 Å². The van der Waals surface area contributed by atoms with Gasteiger partial charge in [-0.05, 0) is 55.3 Å². The Morgan fingerprint density at radius 2 is 1.82 bits per heavy atom. The van der Waals surface area contributed by atoms with Crippen LogP contribution in [-0.4, -0.2) is 19.1 Å². The molecule has 1 N–H and O–H groups in total. The lowest BCUT2D eigenvalue weighted by molar-refractivity contribution is -0.122. The Labute approximate surface area is 131 Å². The minimum atomic E-state index is -0.533. The van der Waals surface area contributed by atoms with Gasteiger partial charge in [0.1, 0.15) is 11.5 Å². The summed E-state index contributed by atoms with van der Waals surface area (Å²) >= 11 is 0. The minimum Gasteiger partial charge on any atom is -0.497 e. The fourth-order valence-electron chi connectivity index (χ4n) is 2.09. The predicted molar refractivity (Wildman–Crippen MR) is 87.5 cm³/mol. The molecule has 0 aliphatic rings. The SMILES string of the molecule is CC[C@@H](Oc1ccc(OC)cc1)C(=O)Nc1cccc(C)c1. The second-order valence-electron chi connectivity index (χ2n) is 5.05. The van der Waals surface area contributed by atoms with Gasteiger partial charge in [-0.25, -0.2) is 0 Å². The molecule has 0 fully saturated rings. The van der Waals surface area contributed by atoms with Gasteiger partial charge in [-0.15, -0.1) is 0 Å². The molecule has 4 nitrogen and oxygen atoms in total. The maximum atomic E-state index is 12.3. The van der Waals surface area contributed by atoms with E-state index >= 15 is 0 Å². The summed E-state index contributed by atoms with van der Waals surface area (Å²) in [5, 5.41) is 2.89. The summed E-state index contributed by atoms with van der Waals surface area (Å²) in [6.45, 7) is 3.91. The molecule has 0 aromatic heterocycles. The van der Waals surface area contributed by atoms with Crippen LogP contribution in [0, 0.1) is 6.92 Å². The van der Waals surface area contributed by atoms with E-state index in [0.29, 0.717) is 12.2 Å². The highest BCUT2D eigenvalue weighted by atomic mass is 16.5. The molecule has 0 heterocycles. The lowest BCUT2D eigenvalue weighted by atomic mass is 10.2. The molecule has 4 heteroatoms. The van der Waals surface area contributed by atoms with E-state index < -0.39 is 6.10 Å². The maximum Gasteiger partial charge on any atom is 0.265 e. The number of aryl methyl sites for hydroxylation is 1. The highest BCUT2D eigenvalue weighted by Gasteiger charge is 2.18. The molecule has 0 spiro atoms. The third kappa shape index (κ3) is 4.25. The van der Waals surface area contributed by atoms with E-state index in [4.69, 9.17) is 9.47 Å². The number of methoxy groups -OCH3 is 1. The van der Waals surface area contributed by atoms with E-state index in [0.717, 1.165) is 17.0 Å². The van der Waals surface area contributed by atoms with Gasteiger partial charge in [-0.2, -0.15) is 0 Å². The first-order valence-electron chi connectivity index (χ1n) is 7.30. The Morgan fingerprint density at radius 1 is 1.14 bits per heavy atom. The predicted octanol–water partition coefficient (Wildman–Crippen LogP) is 3.80. The van der Waals surface area contributed by atoms with Crippen LogP contribution >= 0.6 is 0 Å². The van der Waals surface area contributed by atoms with Crippen LogP contribution in [0.15, 0.2) is 48.5 Å². The van der Waals surface area contributed by atoms with E-state index in [1.807, 2.05) is 38.1 Å². The Balaban J connectivity index is 2.02. The van der Waals surface area contributed by atoms with E-state index in [1.54, 1.807) is 31.4 Å². The van der Waals surface area contributed by atoms with Gasteiger partial charge in [0.05, 0.1) is 7.11 Å². The van der Waals surface area contributed by atoms with Gasteiger partial charge in [0.25, 0.3) is 5.91 Å². The van der Waals surface area contributed by atoms with Crippen molar-refractivity contribution in [2.24, 2.45) is 0 Å². The first-order valence-corrected chi connectivity index (χ1v) is 7.30. The van der Waals surface area contributed by atoms with Crippen LogP contribution in [0.2, 0.25) is 0 Å². The quantitative estimate of drug-likeness (QED) is 0.882. The second kappa shape index (κ2) is 7.50. The third-order valence-electron chi connectivity index (χ3n) is 3.29.